The molecule has 5 rings (SSSR count). The lowest BCUT2D eigenvalue weighted by Crippen LogP contribution is -2.44. The Kier molecular flexibility index (Phi) is 4.57. The number of ether oxygens (including phenoxy) is 1. The van der Waals surface area contributed by atoms with Crippen LogP contribution in [0.3, 0.4) is 0 Å². The van der Waals surface area contributed by atoms with E-state index >= 15 is 0 Å². The number of amides is 1. The number of carbonyl (C=O) groups excluding carboxylic acids is 2. The minimum atomic E-state index is -0.992. The molecule has 7 heteroatoms. The molecule has 1 amide bonds. The second-order valence-electron chi connectivity index (χ2n) is 9.10. The summed E-state index contributed by atoms with van der Waals surface area (Å²) in [5.74, 6) is -0.874. The average molecular weight is 436 g/mol. The lowest BCUT2D eigenvalue weighted by Gasteiger charge is -2.34. The summed E-state index contributed by atoms with van der Waals surface area (Å²) in [6.45, 7) is 5.57. The molecule has 2 aliphatic rings. The zero-order chi connectivity index (χ0) is 21.8. The molecule has 0 radical (unpaired) electrons. The van der Waals surface area contributed by atoms with Crippen LogP contribution in [0.4, 0.5) is 5.69 Å². The maximum Gasteiger partial charge on any atom is 0.324 e. The monoisotopic (exact) mass is 435 g/mol. The molecule has 3 aromatic rings. The summed E-state index contributed by atoms with van der Waals surface area (Å²) in [6.07, 6.45) is 1.84. The highest BCUT2D eigenvalue weighted by Gasteiger charge is 2.66. The lowest BCUT2D eigenvalue weighted by molar-refractivity contribution is -0.157. The van der Waals surface area contributed by atoms with Crippen molar-refractivity contribution >= 4 is 28.9 Å². The number of anilines is 1. The molecule has 0 aliphatic carbocycles. The van der Waals surface area contributed by atoms with E-state index in [9.17, 15) is 9.59 Å². The van der Waals surface area contributed by atoms with Gasteiger partial charge in [0.25, 0.3) is 0 Å². The number of aromatic nitrogens is 1. The highest BCUT2D eigenvalue weighted by Crippen LogP contribution is 2.59. The third-order valence-electron chi connectivity index (χ3n) is 6.07. The standard InChI is InChI=1S/C24H25N3O3S/c1-23(2,3)30-21(28)19-18(17-11-7-13-31-17)24(20(27-19)16-10-6-12-25-16)14-8-4-5-9-15(14)26-22(24)29/h4-13,18-20,25,27H,1-3H3,(H,26,29)/t18-,19+,20-,24-/m1/s1. The van der Waals surface area contributed by atoms with Crippen molar-refractivity contribution in [2.24, 2.45) is 0 Å². The van der Waals surface area contributed by atoms with Gasteiger partial charge < -0.3 is 15.0 Å². The SMILES string of the molecule is CC(C)(C)OC(=O)[C@H]1N[C@H](c2ccc[nH]2)[C@]2(C(=O)Nc3ccccc32)[C@@H]1c1cccs1. The molecule has 2 aliphatic heterocycles. The molecule has 1 fully saturated rings. The van der Waals surface area contributed by atoms with Crippen molar-refractivity contribution < 1.29 is 14.3 Å². The van der Waals surface area contributed by atoms with E-state index in [2.05, 4.69) is 15.6 Å². The minimum Gasteiger partial charge on any atom is -0.459 e. The fourth-order valence-electron chi connectivity index (χ4n) is 5.03. The van der Waals surface area contributed by atoms with Gasteiger partial charge in [-0.05, 0) is 56.0 Å². The van der Waals surface area contributed by atoms with E-state index in [0.29, 0.717) is 0 Å². The number of carbonyl (C=O) groups is 2. The lowest BCUT2D eigenvalue weighted by atomic mass is 9.66. The molecule has 1 saturated heterocycles. The molecule has 1 aromatic carbocycles. The van der Waals surface area contributed by atoms with Crippen LogP contribution in [0.5, 0.6) is 0 Å². The number of hydrogen-bond acceptors (Lipinski definition) is 5. The first-order valence-corrected chi connectivity index (χ1v) is 11.3. The molecule has 31 heavy (non-hydrogen) atoms. The second kappa shape index (κ2) is 7.07. The summed E-state index contributed by atoms with van der Waals surface area (Å²) in [5, 5.41) is 8.56. The fraction of sp³-hybridized carbons (Fsp3) is 0.333. The Labute approximate surface area is 185 Å². The predicted octanol–water partition coefficient (Wildman–Crippen LogP) is 4.10. The number of rotatable bonds is 3. The van der Waals surface area contributed by atoms with Gasteiger partial charge in [-0.15, -0.1) is 11.3 Å². The first-order chi connectivity index (χ1) is 14.8. The largest absolute Gasteiger partial charge is 0.459 e. The van der Waals surface area contributed by atoms with Crippen molar-refractivity contribution in [2.75, 3.05) is 5.32 Å². The summed E-state index contributed by atoms with van der Waals surface area (Å²) < 4.78 is 5.80. The highest BCUT2D eigenvalue weighted by molar-refractivity contribution is 7.10. The van der Waals surface area contributed by atoms with Gasteiger partial charge in [-0.1, -0.05) is 24.3 Å². The smallest absolute Gasteiger partial charge is 0.324 e. The average Bonchev–Trinajstić information content (AvgIpc) is 3.48. The normalized spacial score (nSPS) is 27.3. The van der Waals surface area contributed by atoms with Crippen LogP contribution in [0.2, 0.25) is 0 Å². The van der Waals surface area contributed by atoms with Gasteiger partial charge in [-0.3, -0.25) is 14.9 Å². The topological polar surface area (TPSA) is 83.2 Å². The highest BCUT2D eigenvalue weighted by atomic mass is 32.1. The van der Waals surface area contributed by atoms with E-state index in [4.69, 9.17) is 4.74 Å². The molecule has 6 nitrogen and oxygen atoms in total. The van der Waals surface area contributed by atoms with Gasteiger partial charge >= 0.3 is 5.97 Å². The number of para-hydroxylation sites is 1. The quantitative estimate of drug-likeness (QED) is 0.541. The van der Waals surface area contributed by atoms with Crippen LogP contribution < -0.4 is 10.6 Å². The fourth-order valence-corrected chi connectivity index (χ4v) is 5.97. The van der Waals surface area contributed by atoms with Crippen molar-refractivity contribution in [3.8, 4) is 0 Å². The maximum absolute atomic E-state index is 13.8. The van der Waals surface area contributed by atoms with Crippen molar-refractivity contribution in [2.45, 2.75) is 49.8 Å². The molecule has 160 valence electrons. The van der Waals surface area contributed by atoms with Gasteiger partial charge in [0.1, 0.15) is 17.1 Å². The minimum absolute atomic E-state index is 0.106. The van der Waals surface area contributed by atoms with Crippen molar-refractivity contribution in [1.82, 2.24) is 10.3 Å². The van der Waals surface area contributed by atoms with Gasteiger partial charge in [0.15, 0.2) is 0 Å². The number of thiophene rings is 1. The number of nitrogens with one attached hydrogen (secondary N) is 3. The Hall–Kier alpha value is -2.90. The molecule has 0 unspecified atom stereocenters. The summed E-state index contributed by atoms with van der Waals surface area (Å²) in [7, 11) is 0. The number of H-pyrrole nitrogens is 1. The summed E-state index contributed by atoms with van der Waals surface area (Å²) in [4.78, 5) is 31.5. The number of hydrogen-bond donors (Lipinski definition) is 3. The Balaban J connectivity index is 1.75. The zero-order valence-corrected chi connectivity index (χ0v) is 18.5. The molecule has 4 atom stereocenters. The molecular weight excluding hydrogens is 410 g/mol. The van der Waals surface area contributed by atoms with Gasteiger partial charge in [-0.2, -0.15) is 0 Å². The first-order valence-electron chi connectivity index (χ1n) is 10.4. The number of aromatic amines is 1. The molecule has 0 saturated carbocycles. The van der Waals surface area contributed by atoms with E-state index in [1.54, 1.807) is 11.3 Å². The van der Waals surface area contributed by atoms with Gasteiger partial charge in [0.2, 0.25) is 5.91 Å². The van der Waals surface area contributed by atoms with Crippen LogP contribution in [-0.4, -0.2) is 28.5 Å². The van der Waals surface area contributed by atoms with Gasteiger partial charge in [-0.25, -0.2) is 0 Å². The first kappa shape index (κ1) is 20.0. The summed E-state index contributed by atoms with van der Waals surface area (Å²) >= 11 is 1.56. The van der Waals surface area contributed by atoms with E-state index in [0.717, 1.165) is 21.8 Å². The molecule has 3 N–H and O–H groups in total. The van der Waals surface area contributed by atoms with Crippen molar-refractivity contribution in [3.05, 3.63) is 76.2 Å². The zero-order valence-electron chi connectivity index (χ0n) is 17.6. The van der Waals surface area contributed by atoms with E-state index < -0.39 is 29.0 Å². The predicted molar refractivity (Wildman–Crippen MR) is 120 cm³/mol. The van der Waals surface area contributed by atoms with E-state index in [1.165, 1.54) is 0 Å². The van der Waals surface area contributed by atoms with Crippen molar-refractivity contribution in [3.63, 3.8) is 0 Å². The van der Waals surface area contributed by atoms with E-state index in [-0.39, 0.29) is 11.9 Å². The Morgan fingerprint density at radius 2 is 1.90 bits per heavy atom. The molecule has 4 heterocycles. The Morgan fingerprint density at radius 1 is 1.10 bits per heavy atom. The number of fused-ring (bicyclic) bond motifs is 2. The number of esters is 1. The van der Waals surface area contributed by atoms with Crippen LogP contribution >= 0.6 is 11.3 Å². The van der Waals surface area contributed by atoms with Crippen molar-refractivity contribution in [1.29, 1.82) is 0 Å². The van der Waals surface area contributed by atoms with Crippen LogP contribution in [0.15, 0.2) is 60.1 Å². The summed E-state index contributed by atoms with van der Waals surface area (Å²) in [6, 6.07) is 14.5. The Bertz CT molecular complexity index is 1120. The Morgan fingerprint density at radius 3 is 2.58 bits per heavy atom. The third kappa shape index (κ3) is 3.03. The molecule has 2 aromatic heterocycles. The van der Waals surface area contributed by atoms with Crippen LogP contribution in [-0.2, 0) is 19.7 Å². The van der Waals surface area contributed by atoms with Crippen LogP contribution in [0, 0.1) is 0 Å². The van der Waals surface area contributed by atoms with Gasteiger partial charge in [0.05, 0.1) is 6.04 Å². The van der Waals surface area contributed by atoms with Crippen LogP contribution in [0.1, 0.15) is 48.9 Å². The third-order valence-corrected chi connectivity index (χ3v) is 7.02. The number of benzene rings is 1. The van der Waals surface area contributed by atoms with Crippen LogP contribution in [0.25, 0.3) is 0 Å². The molecule has 0 bridgehead atoms. The second-order valence-corrected chi connectivity index (χ2v) is 10.1. The summed E-state index contributed by atoms with van der Waals surface area (Å²) in [5.41, 5.74) is 0.924. The maximum atomic E-state index is 13.8. The molecule has 1 spiro atoms. The van der Waals surface area contributed by atoms with Gasteiger partial charge in [0, 0.05) is 28.4 Å². The molecular formula is C24H25N3O3S. The van der Waals surface area contributed by atoms with E-state index in [1.807, 2.05) is 80.9 Å².